The second kappa shape index (κ2) is 5.57. The molecule has 2 fully saturated rings. The highest BCUT2D eigenvalue weighted by molar-refractivity contribution is 5.78. The lowest BCUT2D eigenvalue weighted by Gasteiger charge is -2.24. The van der Waals surface area contributed by atoms with Gasteiger partial charge in [-0.25, -0.2) is 0 Å². The van der Waals surface area contributed by atoms with Crippen LogP contribution in [0, 0.1) is 0 Å². The summed E-state index contributed by atoms with van der Waals surface area (Å²) in [7, 11) is 0. The van der Waals surface area contributed by atoms with Crippen LogP contribution in [-0.4, -0.2) is 46.0 Å². The Kier molecular flexibility index (Phi) is 3.66. The Morgan fingerprint density at radius 3 is 2.42 bits per heavy atom. The molecule has 2 aromatic rings. The number of halogens is 2. The van der Waals surface area contributed by atoms with Crippen molar-refractivity contribution in [2.75, 3.05) is 0 Å². The average molecular weight is 362 g/mol. The van der Waals surface area contributed by atoms with Gasteiger partial charge in [0, 0.05) is 6.42 Å². The molecule has 0 bridgehead atoms. The number of aliphatic hydroxyl groups is 2. The molecule has 0 radical (unpaired) electrons. The number of hydrogen-bond acceptors (Lipinski definition) is 5. The lowest BCUT2D eigenvalue weighted by Crippen LogP contribution is -2.43. The van der Waals surface area contributed by atoms with Gasteiger partial charge in [0.1, 0.15) is 5.75 Å². The van der Waals surface area contributed by atoms with Gasteiger partial charge in [-0.1, -0.05) is 48.5 Å². The SMILES string of the molecule is O=CC12OC(Oc3ccccc3Cc3ccccc3)[C@H](O)C1(O)C2(F)F. The van der Waals surface area contributed by atoms with Gasteiger partial charge in [0.15, 0.2) is 12.4 Å². The number of para-hydroxylation sites is 1. The molecular weight excluding hydrogens is 346 g/mol. The van der Waals surface area contributed by atoms with E-state index in [2.05, 4.69) is 0 Å². The van der Waals surface area contributed by atoms with Crippen LogP contribution in [0.5, 0.6) is 5.75 Å². The molecule has 136 valence electrons. The highest BCUT2D eigenvalue weighted by atomic mass is 19.3. The van der Waals surface area contributed by atoms with Crippen LogP contribution in [0.15, 0.2) is 54.6 Å². The molecule has 2 aromatic carbocycles. The van der Waals surface area contributed by atoms with Crippen molar-refractivity contribution in [3.8, 4) is 5.75 Å². The molecule has 26 heavy (non-hydrogen) atoms. The summed E-state index contributed by atoms with van der Waals surface area (Å²) in [5.74, 6) is -3.54. The molecule has 7 heteroatoms. The molecule has 1 saturated heterocycles. The van der Waals surface area contributed by atoms with E-state index in [1.165, 1.54) is 0 Å². The number of fused-ring (bicyclic) bond motifs is 1. The summed E-state index contributed by atoms with van der Waals surface area (Å²) in [5, 5.41) is 20.1. The van der Waals surface area contributed by atoms with Crippen LogP contribution < -0.4 is 4.74 Å². The summed E-state index contributed by atoms with van der Waals surface area (Å²) in [6.45, 7) is 0. The lowest BCUT2D eigenvalue weighted by molar-refractivity contribution is -0.195. The van der Waals surface area contributed by atoms with Gasteiger partial charge in [0.2, 0.25) is 17.5 Å². The number of alkyl halides is 2. The first kappa shape index (κ1) is 17.1. The number of benzene rings is 2. The zero-order valence-electron chi connectivity index (χ0n) is 13.5. The number of ether oxygens (including phenoxy) is 2. The maximum Gasteiger partial charge on any atom is 0.320 e. The van der Waals surface area contributed by atoms with Crippen molar-refractivity contribution in [1.29, 1.82) is 0 Å². The third kappa shape index (κ3) is 2.02. The number of rotatable bonds is 5. The Morgan fingerprint density at radius 2 is 1.77 bits per heavy atom. The summed E-state index contributed by atoms with van der Waals surface area (Å²) >= 11 is 0. The van der Waals surface area contributed by atoms with Crippen LogP contribution in [0.2, 0.25) is 0 Å². The van der Waals surface area contributed by atoms with Crippen LogP contribution in [0.1, 0.15) is 11.1 Å². The zero-order chi connectivity index (χ0) is 18.6. The van der Waals surface area contributed by atoms with E-state index in [9.17, 15) is 23.8 Å². The number of aldehydes is 1. The smallest absolute Gasteiger partial charge is 0.320 e. The van der Waals surface area contributed by atoms with E-state index in [-0.39, 0.29) is 6.29 Å². The predicted octanol–water partition coefficient (Wildman–Crippen LogP) is 1.69. The van der Waals surface area contributed by atoms with Gasteiger partial charge in [-0.15, -0.1) is 0 Å². The third-order valence-corrected chi connectivity index (χ3v) is 5.06. The molecule has 1 saturated carbocycles. The quantitative estimate of drug-likeness (QED) is 0.792. The Hall–Kier alpha value is -2.35. The second-order valence-electron chi connectivity index (χ2n) is 6.51. The summed E-state index contributed by atoms with van der Waals surface area (Å²) < 4.78 is 38.1. The van der Waals surface area contributed by atoms with Gasteiger partial charge in [-0.2, -0.15) is 8.78 Å². The van der Waals surface area contributed by atoms with E-state index < -0.39 is 29.5 Å². The minimum Gasteiger partial charge on any atom is -0.462 e. The van der Waals surface area contributed by atoms with Crippen molar-refractivity contribution in [2.45, 2.75) is 35.9 Å². The van der Waals surface area contributed by atoms with Crippen LogP contribution >= 0.6 is 0 Å². The molecule has 0 spiro atoms. The fourth-order valence-electron chi connectivity index (χ4n) is 3.49. The van der Waals surface area contributed by atoms with Crippen molar-refractivity contribution in [3.63, 3.8) is 0 Å². The molecule has 1 aliphatic carbocycles. The molecule has 0 amide bonds. The van der Waals surface area contributed by atoms with Gasteiger partial charge in [0.05, 0.1) is 0 Å². The topological polar surface area (TPSA) is 76.0 Å². The summed E-state index contributed by atoms with van der Waals surface area (Å²) in [4.78, 5) is 11.1. The number of aliphatic hydroxyl groups excluding tert-OH is 1. The minimum atomic E-state index is -3.86. The Morgan fingerprint density at radius 1 is 1.12 bits per heavy atom. The lowest BCUT2D eigenvalue weighted by atomic mass is 10.0. The molecule has 5 nitrogen and oxygen atoms in total. The van der Waals surface area contributed by atoms with E-state index >= 15 is 0 Å². The standard InChI is InChI=1S/C19H16F2O5/c20-19(21)17(11-22)18(19,24)15(23)16(26-17)25-14-9-5-4-8-13(14)10-12-6-2-1-3-7-12/h1-9,11,15-16,23-24H,10H2/t15-,16?,17?,18?/m0/s1. The molecule has 0 aromatic heterocycles. The van der Waals surface area contributed by atoms with Crippen molar-refractivity contribution in [3.05, 3.63) is 65.7 Å². The first-order valence-corrected chi connectivity index (χ1v) is 8.08. The van der Waals surface area contributed by atoms with E-state index in [0.717, 1.165) is 11.1 Å². The molecule has 4 rings (SSSR count). The van der Waals surface area contributed by atoms with Crippen molar-refractivity contribution >= 4 is 6.29 Å². The van der Waals surface area contributed by atoms with Crippen LogP contribution in [-0.2, 0) is 16.0 Å². The van der Waals surface area contributed by atoms with Crippen LogP contribution in [0.25, 0.3) is 0 Å². The molecular formula is C19H16F2O5. The van der Waals surface area contributed by atoms with Gasteiger partial charge >= 0.3 is 5.92 Å². The average Bonchev–Trinajstić information content (AvgIpc) is 2.89. The number of hydrogen-bond donors (Lipinski definition) is 2. The summed E-state index contributed by atoms with van der Waals surface area (Å²) in [6.07, 6.45) is -3.30. The predicted molar refractivity (Wildman–Crippen MR) is 85.9 cm³/mol. The van der Waals surface area contributed by atoms with Gasteiger partial charge in [0.25, 0.3) is 0 Å². The van der Waals surface area contributed by atoms with Crippen molar-refractivity contribution in [1.82, 2.24) is 0 Å². The first-order valence-electron chi connectivity index (χ1n) is 8.08. The Labute approximate surface area is 147 Å². The van der Waals surface area contributed by atoms with Crippen LogP contribution in [0.3, 0.4) is 0 Å². The normalized spacial score (nSPS) is 34.2. The maximum atomic E-state index is 13.8. The Bertz CT molecular complexity index is 843. The second-order valence-corrected chi connectivity index (χ2v) is 6.51. The summed E-state index contributed by atoms with van der Waals surface area (Å²) in [6, 6.07) is 16.4. The van der Waals surface area contributed by atoms with E-state index in [1.54, 1.807) is 24.3 Å². The highest BCUT2D eigenvalue weighted by Gasteiger charge is 3.01. The molecule has 3 unspecified atom stereocenters. The minimum absolute atomic E-state index is 0.171. The highest BCUT2D eigenvalue weighted by Crippen LogP contribution is 2.69. The Balaban J connectivity index is 1.57. The molecule has 1 heterocycles. The van der Waals surface area contributed by atoms with Gasteiger partial charge in [-0.3, -0.25) is 4.79 Å². The molecule has 2 N–H and O–H groups in total. The molecule has 2 aliphatic rings. The first-order chi connectivity index (χ1) is 12.4. The fraction of sp³-hybridized carbons (Fsp3) is 0.316. The van der Waals surface area contributed by atoms with Crippen molar-refractivity contribution in [2.24, 2.45) is 0 Å². The van der Waals surface area contributed by atoms with Gasteiger partial charge in [-0.05, 0) is 17.2 Å². The third-order valence-electron chi connectivity index (χ3n) is 5.06. The molecule has 4 atom stereocenters. The number of carbonyl (C=O) groups excluding carboxylic acids is 1. The monoisotopic (exact) mass is 362 g/mol. The zero-order valence-corrected chi connectivity index (χ0v) is 13.5. The molecule has 1 aliphatic heterocycles. The summed E-state index contributed by atoms with van der Waals surface area (Å²) in [5.41, 5.74) is -3.98. The van der Waals surface area contributed by atoms with Gasteiger partial charge < -0.3 is 19.7 Å². The van der Waals surface area contributed by atoms with E-state index in [4.69, 9.17) is 9.47 Å². The maximum absolute atomic E-state index is 13.8. The largest absolute Gasteiger partial charge is 0.462 e. The van der Waals surface area contributed by atoms with Crippen LogP contribution in [0.4, 0.5) is 8.78 Å². The van der Waals surface area contributed by atoms with Crippen molar-refractivity contribution < 1.29 is 33.3 Å². The van der Waals surface area contributed by atoms with E-state index in [0.29, 0.717) is 12.2 Å². The van der Waals surface area contributed by atoms with E-state index in [1.807, 2.05) is 30.3 Å². The number of carbonyl (C=O) groups is 1. The fourth-order valence-corrected chi connectivity index (χ4v) is 3.49.